The van der Waals surface area contributed by atoms with Crippen LogP contribution in [0.5, 0.6) is 5.75 Å². The molecule has 0 spiro atoms. The second-order valence-electron chi connectivity index (χ2n) is 7.06. The van der Waals surface area contributed by atoms with Gasteiger partial charge in [0.15, 0.2) is 0 Å². The third-order valence-corrected chi connectivity index (χ3v) is 4.71. The van der Waals surface area contributed by atoms with Crippen LogP contribution in [0.15, 0.2) is 24.3 Å². The molecule has 1 saturated carbocycles. The largest absolute Gasteiger partial charge is 0.491 e. The van der Waals surface area contributed by atoms with Gasteiger partial charge in [-0.2, -0.15) is 0 Å². The van der Waals surface area contributed by atoms with Gasteiger partial charge in [0.1, 0.15) is 18.5 Å². The highest BCUT2D eigenvalue weighted by atomic mass is 16.6. The van der Waals surface area contributed by atoms with E-state index in [1.165, 1.54) is 23.1 Å². The van der Waals surface area contributed by atoms with Gasteiger partial charge in [0, 0.05) is 44.8 Å². The number of hydrogen-bond acceptors (Lipinski definition) is 7. The van der Waals surface area contributed by atoms with E-state index in [-0.39, 0.29) is 18.3 Å². The molecular formula is C18H24N4O6. The molecule has 152 valence electrons. The molecule has 3 rings (SSSR count). The summed E-state index contributed by atoms with van der Waals surface area (Å²) in [6.45, 7) is 2.31. The van der Waals surface area contributed by atoms with Crippen molar-refractivity contribution in [1.29, 1.82) is 0 Å². The first-order valence-corrected chi connectivity index (χ1v) is 9.30. The summed E-state index contributed by atoms with van der Waals surface area (Å²) < 4.78 is 5.44. The number of nitro groups is 1. The molecule has 2 aliphatic rings. The lowest BCUT2D eigenvalue weighted by molar-refractivity contribution is -0.384. The van der Waals surface area contributed by atoms with E-state index in [1.54, 1.807) is 6.07 Å². The van der Waals surface area contributed by atoms with Crippen molar-refractivity contribution in [3.63, 3.8) is 0 Å². The number of hydrogen-bond donors (Lipinski definition) is 2. The predicted molar refractivity (Wildman–Crippen MR) is 98.8 cm³/mol. The Kier molecular flexibility index (Phi) is 6.42. The fourth-order valence-electron chi connectivity index (χ4n) is 2.98. The van der Waals surface area contributed by atoms with Crippen LogP contribution >= 0.6 is 0 Å². The minimum atomic E-state index is -0.778. The number of rotatable bonds is 7. The van der Waals surface area contributed by atoms with Crippen molar-refractivity contribution in [2.75, 3.05) is 39.3 Å². The van der Waals surface area contributed by atoms with Gasteiger partial charge in [-0.15, -0.1) is 0 Å². The van der Waals surface area contributed by atoms with Crippen molar-refractivity contribution < 1.29 is 24.4 Å². The third-order valence-electron chi connectivity index (χ3n) is 4.71. The lowest BCUT2D eigenvalue weighted by Crippen LogP contribution is -2.54. The van der Waals surface area contributed by atoms with Crippen LogP contribution in [0.1, 0.15) is 12.8 Å². The fourth-order valence-corrected chi connectivity index (χ4v) is 2.98. The van der Waals surface area contributed by atoms with E-state index in [9.17, 15) is 24.8 Å². The lowest BCUT2D eigenvalue weighted by atomic mass is 10.2. The number of carbonyl (C=O) groups excluding carboxylic acids is 2. The Hall–Kier alpha value is -2.72. The Morgan fingerprint density at radius 3 is 2.64 bits per heavy atom. The molecule has 1 aromatic carbocycles. The molecule has 10 heteroatoms. The van der Waals surface area contributed by atoms with Crippen LogP contribution in [0.2, 0.25) is 0 Å². The maximum Gasteiger partial charge on any atom is 0.311 e. The molecule has 1 aliphatic heterocycles. The summed E-state index contributed by atoms with van der Waals surface area (Å²) in [6.07, 6.45) is 1.09. The van der Waals surface area contributed by atoms with E-state index in [0.29, 0.717) is 38.5 Å². The molecule has 1 unspecified atom stereocenters. The van der Waals surface area contributed by atoms with E-state index in [1.807, 2.05) is 4.90 Å². The van der Waals surface area contributed by atoms with Crippen molar-refractivity contribution in [2.45, 2.75) is 25.0 Å². The van der Waals surface area contributed by atoms with Crippen LogP contribution in [0.4, 0.5) is 5.69 Å². The second kappa shape index (κ2) is 8.98. The van der Waals surface area contributed by atoms with E-state index >= 15 is 0 Å². The SMILES string of the molecule is O=C(NC1CC1)C(=O)N1CCN(CC(O)COc2cccc([N+](=O)[O-])c2)CC1. The number of β-amino-alcohol motifs (C(OH)–C–C–N with tert-alkyl or cyclic N) is 1. The average Bonchev–Trinajstić information content (AvgIpc) is 3.50. The number of ether oxygens (including phenoxy) is 1. The van der Waals surface area contributed by atoms with Gasteiger partial charge in [0.25, 0.3) is 5.69 Å². The van der Waals surface area contributed by atoms with Gasteiger partial charge < -0.3 is 20.1 Å². The Balaban J connectivity index is 1.38. The quantitative estimate of drug-likeness (QED) is 0.373. The normalized spacial score (nSPS) is 18.4. The molecule has 0 radical (unpaired) electrons. The third kappa shape index (κ3) is 5.64. The molecule has 1 heterocycles. The smallest absolute Gasteiger partial charge is 0.311 e. The van der Waals surface area contributed by atoms with Crippen molar-refractivity contribution in [3.8, 4) is 5.75 Å². The summed E-state index contributed by atoms with van der Waals surface area (Å²) in [5, 5.41) is 23.6. The lowest BCUT2D eigenvalue weighted by Gasteiger charge is -2.35. The molecule has 10 nitrogen and oxygen atoms in total. The summed E-state index contributed by atoms with van der Waals surface area (Å²) in [5.74, 6) is -0.715. The molecule has 0 aromatic heterocycles. The Morgan fingerprint density at radius 2 is 2.00 bits per heavy atom. The zero-order valence-corrected chi connectivity index (χ0v) is 15.5. The van der Waals surface area contributed by atoms with Gasteiger partial charge in [-0.1, -0.05) is 6.07 Å². The van der Waals surface area contributed by atoms with Crippen molar-refractivity contribution in [3.05, 3.63) is 34.4 Å². The Labute approximate surface area is 162 Å². The van der Waals surface area contributed by atoms with Crippen LogP contribution in [-0.4, -0.2) is 83.1 Å². The number of amides is 2. The van der Waals surface area contributed by atoms with Crippen molar-refractivity contribution >= 4 is 17.5 Å². The van der Waals surface area contributed by atoms with Crippen LogP contribution in [0, 0.1) is 10.1 Å². The number of nitro benzene ring substituents is 1. The average molecular weight is 392 g/mol. The maximum atomic E-state index is 12.1. The molecule has 0 bridgehead atoms. The summed E-state index contributed by atoms with van der Waals surface area (Å²) >= 11 is 0. The Bertz CT molecular complexity index is 731. The highest BCUT2D eigenvalue weighted by molar-refractivity contribution is 6.35. The van der Waals surface area contributed by atoms with E-state index < -0.39 is 22.8 Å². The number of aliphatic hydroxyl groups excluding tert-OH is 1. The van der Waals surface area contributed by atoms with Gasteiger partial charge >= 0.3 is 11.8 Å². The number of carbonyl (C=O) groups is 2. The van der Waals surface area contributed by atoms with Crippen LogP contribution in [0.3, 0.4) is 0 Å². The van der Waals surface area contributed by atoms with Gasteiger partial charge in [0.2, 0.25) is 0 Å². The molecule has 2 N–H and O–H groups in total. The van der Waals surface area contributed by atoms with Crippen LogP contribution in [-0.2, 0) is 9.59 Å². The molecule has 1 aromatic rings. The molecule has 2 amide bonds. The first-order valence-electron chi connectivity index (χ1n) is 9.30. The molecule has 28 heavy (non-hydrogen) atoms. The van der Waals surface area contributed by atoms with Crippen molar-refractivity contribution in [1.82, 2.24) is 15.1 Å². The first-order chi connectivity index (χ1) is 13.4. The number of non-ortho nitro benzene ring substituents is 1. The topological polar surface area (TPSA) is 125 Å². The van der Waals surface area contributed by atoms with Gasteiger partial charge in [-0.05, 0) is 18.9 Å². The predicted octanol–water partition coefficient (Wildman–Crippen LogP) is -0.243. The summed E-state index contributed by atoms with van der Waals surface area (Å²) in [6, 6.07) is 5.95. The highest BCUT2D eigenvalue weighted by Gasteiger charge is 2.31. The molecule has 1 aliphatic carbocycles. The molecule has 2 fully saturated rings. The molecule has 1 saturated heterocycles. The van der Waals surface area contributed by atoms with E-state index in [2.05, 4.69) is 5.32 Å². The van der Waals surface area contributed by atoms with Crippen LogP contribution in [0.25, 0.3) is 0 Å². The zero-order chi connectivity index (χ0) is 20.1. The summed E-state index contributed by atoms with van der Waals surface area (Å²) in [7, 11) is 0. The van der Waals surface area contributed by atoms with E-state index in [4.69, 9.17) is 4.74 Å². The highest BCUT2D eigenvalue weighted by Crippen LogP contribution is 2.20. The van der Waals surface area contributed by atoms with Gasteiger partial charge in [0.05, 0.1) is 11.0 Å². The standard InChI is InChI=1S/C18H24N4O6/c23-15(12-28-16-3-1-2-14(10-16)22(26)27)11-20-6-8-21(9-7-20)18(25)17(24)19-13-4-5-13/h1-3,10,13,15,23H,4-9,11-12H2,(H,19,24). The zero-order valence-electron chi connectivity index (χ0n) is 15.5. The first kappa shape index (κ1) is 20.0. The number of piperazine rings is 1. The number of nitrogens with one attached hydrogen (secondary N) is 1. The monoisotopic (exact) mass is 392 g/mol. The number of benzene rings is 1. The van der Waals surface area contributed by atoms with Crippen LogP contribution < -0.4 is 10.1 Å². The Morgan fingerprint density at radius 1 is 1.29 bits per heavy atom. The molecular weight excluding hydrogens is 368 g/mol. The number of nitrogens with zero attached hydrogens (tertiary/aromatic N) is 3. The summed E-state index contributed by atoms with van der Waals surface area (Å²) in [4.78, 5) is 37.7. The van der Waals surface area contributed by atoms with Gasteiger partial charge in [-0.3, -0.25) is 24.6 Å². The minimum Gasteiger partial charge on any atom is -0.491 e. The second-order valence-corrected chi connectivity index (χ2v) is 7.06. The summed E-state index contributed by atoms with van der Waals surface area (Å²) in [5.41, 5.74) is -0.0708. The maximum absolute atomic E-state index is 12.1. The van der Waals surface area contributed by atoms with Gasteiger partial charge in [-0.25, -0.2) is 0 Å². The van der Waals surface area contributed by atoms with E-state index in [0.717, 1.165) is 12.8 Å². The molecule has 1 atom stereocenters. The van der Waals surface area contributed by atoms with Crippen molar-refractivity contribution in [2.24, 2.45) is 0 Å². The minimum absolute atomic E-state index is 0.00407. The number of aliphatic hydroxyl groups is 1. The fraction of sp³-hybridized carbons (Fsp3) is 0.556.